The van der Waals surface area contributed by atoms with Gasteiger partial charge in [-0.1, -0.05) is 26.2 Å². The molecule has 4 nitrogen and oxygen atoms in total. The van der Waals surface area contributed by atoms with E-state index in [1.54, 1.807) is 0 Å². The Hall–Kier alpha value is -1.14. The van der Waals surface area contributed by atoms with Gasteiger partial charge >= 0.3 is 0 Å². The monoisotopic (exact) mass is 288 g/mol. The third-order valence-electron chi connectivity index (χ3n) is 2.91. The van der Waals surface area contributed by atoms with E-state index >= 15 is 0 Å². The molecule has 0 radical (unpaired) electrons. The van der Waals surface area contributed by atoms with Crippen LogP contribution in [0.4, 0.5) is 10.1 Å². The Labute approximate surface area is 114 Å². The van der Waals surface area contributed by atoms with Crippen LogP contribution in [0.25, 0.3) is 0 Å². The summed E-state index contributed by atoms with van der Waals surface area (Å²) >= 11 is 0. The van der Waals surface area contributed by atoms with Crippen molar-refractivity contribution < 1.29 is 12.8 Å². The van der Waals surface area contributed by atoms with Crippen LogP contribution in [0.1, 0.15) is 39.5 Å². The summed E-state index contributed by atoms with van der Waals surface area (Å²) in [6, 6.07) is 3.79. The van der Waals surface area contributed by atoms with Crippen molar-refractivity contribution in [3.8, 4) is 0 Å². The van der Waals surface area contributed by atoms with E-state index in [4.69, 9.17) is 5.14 Å². The Morgan fingerprint density at radius 3 is 2.58 bits per heavy atom. The van der Waals surface area contributed by atoms with Crippen LogP contribution in [0.15, 0.2) is 23.1 Å². The minimum absolute atomic E-state index is 0.140. The fraction of sp³-hybridized carbons (Fsp3) is 0.538. The SMILES string of the molecule is CCCCCC(C)Nc1ccc(S(N)(=O)=O)cc1F. The van der Waals surface area contributed by atoms with Gasteiger partial charge in [-0.3, -0.25) is 0 Å². The van der Waals surface area contributed by atoms with Crippen LogP contribution in [0, 0.1) is 5.82 Å². The van der Waals surface area contributed by atoms with Crippen molar-refractivity contribution in [3.63, 3.8) is 0 Å². The molecule has 0 amide bonds. The highest BCUT2D eigenvalue weighted by atomic mass is 32.2. The van der Waals surface area contributed by atoms with Gasteiger partial charge in [-0.25, -0.2) is 17.9 Å². The molecule has 0 heterocycles. The highest BCUT2D eigenvalue weighted by molar-refractivity contribution is 7.89. The quantitative estimate of drug-likeness (QED) is 0.758. The average molecular weight is 288 g/mol. The van der Waals surface area contributed by atoms with E-state index in [9.17, 15) is 12.8 Å². The molecule has 0 aliphatic rings. The summed E-state index contributed by atoms with van der Waals surface area (Å²) in [5.41, 5.74) is 0.302. The van der Waals surface area contributed by atoms with Crippen molar-refractivity contribution in [1.82, 2.24) is 0 Å². The van der Waals surface area contributed by atoms with Gasteiger partial charge in [0.25, 0.3) is 0 Å². The molecule has 0 spiro atoms. The lowest BCUT2D eigenvalue weighted by Crippen LogP contribution is -2.17. The molecule has 3 N–H and O–H groups in total. The van der Waals surface area contributed by atoms with E-state index in [-0.39, 0.29) is 10.9 Å². The van der Waals surface area contributed by atoms with Crippen LogP contribution >= 0.6 is 0 Å². The summed E-state index contributed by atoms with van der Waals surface area (Å²) in [4.78, 5) is -0.214. The molecule has 0 bridgehead atoms. The first-order valence-electron chi connectivity index (χ1n) is 6.43. The van der Waals surface area contributed by atoms with Gasteiger partial charge in [-0.15, -0.1) is 0 Å². The molecule has 0 fully saturated rings. The lowest BCUT2D eigenvalue weighted by Gasteiger charge is -2.16. The summed E-state index contributed by atoms with van der Waals surface area (Å²) in [6.45, 7) is 4.10. The first-order valence-corrected chi connectivity index (χ1v) is 7.98. The second-order valence-corrected chi connectivity index (χ2v) is 6.29. The number of benzene rings is 1. The van der Waals surface area contributed by atoms with Crippen LogP contribution in [0.2, 0.25) is 0 Å². The highest BCUT2D eigenvalue weighted by Crippen LogP contribution is 2.20. The van der Waals surface area contributed by atoms with E-state index in [2.05, 4.69) is 12.2 Å². The number of nitrogens with one attached hydrogen (secondary N) is 1. The Morgan fingerprint density at radius 2 is 2.05 bits per heavy atom. The molecule has 0 saturated carbocycles. The maximum absolute atomic E-state index is 13.7. The number of hydrogen-bond acceptors (Lipinski definition) is 3. The molecule has 1 aromatic rings. The van der Waals surface area contributed by atoms with Crippen molar-refractivity contribution in [2.24, 2.45) is 5.14 Å². The van der Waals surface area contributed by atoms with E-state index < -0.39 is 15.8 Å². The van der Waals surface area contributed by atoms with Crippen molar-refractivity contribution >= 4 is 15.7 Å². The minimum atomic E-state index is -3.86. The number of halogens is 1. The minimum Gasteiger partial charge on any atom is -0.380 e. The van der Waals surface area contributed by atoms with E-state index in [1.807, 2.05) is 6.92 Å². The fourth-order valence-corrected chi connectivity index (χ4v) is 2.35. The van der Waals surface area contributed by atoms with Crippen molar-refractivity contribution in [2.45, 2.75) is 50.5 Å². The van der Waals surface area contributed by atoms with Gasteiger partial charge < -0.3 is 5.32 Å². The summed E-state index contributed by atoms with van der Waals surface area (Å²) in [5, 5.41) is 7.98. The number of rotatable bonds is 7. The lowest BCUT2D eigenvalue weighted by molar-refractivity contribution is 0.588. The molecule has 0 aliphatic heterocycles. The van der Waals surface area contributed by atoms with Crippen LogP contribution in [0.3, 0.4) is 0 Å². The zero-order valence-corrected chi connectivity index (χ0v) is 12.1. The van der Waals surface area contributed by atoms with E-state index in [0.717, 1.165) is 31.7 Å². The smallest absolute Gasteiger partial charge is 0.238 e. The van der Waals surface area contributed by atoms with Crippen molar-refractivity contribution in [2.75, 3.05) is 5.32 Å². The average Bonchev–Trinajstić information content (AvgIpc) is 2.31. The number of hydrogen-bond donors (Lipinski definition) is 2. The largest absolute Gasteiger partial charge is 0.380 e. The van der Waals surface area contributed by atoms with Gasteiger partial charge in [0, 0.05) is 6.04 Å². The number of anilines is 1. The molecule has 19 heavy (non-hydrogen) atoms. The second kappa shape index (κ2) is 6.86. The second-order valence-electron chi connectivity index (χ2n) is 4.73. The summed E-state index contributed by atoms with van der Waals surface area (Å²) in [6.07, 6.45) is 4.33. The summed E-state index contributed by atoms with van der Waals surface area (Å²) < 4.78 is 35.9. The van der Waals surface area contributed by atoms with Gasteiger partial charge in [0.1, 0.15) is 5.82 Å². The van der Waals surface area contributed by atoms with Gasteiger partial charge in [-0.05, 0) is 31.5 Å². The third-order valence-corrected chi connectivity index (χ3v) is 3.82. The predicted molar refractivity (Wildman–Crippen MR) is 75.0 cm³/mol. The molecular formula is C13H21FN2O2S. The first-order chi connectivity index (χ1) is 8.84. The Morgan fingerprint density at radius 1 is 1.37 bits per heavy atom. The first kappa shape index (κ1) is 15.9. The summed E-state index contributed by atoms with van der Waals surface area (Å²) in [5.74, 6) is -0.603. The number of sulfonamides is 1. The van der Waals surface area contributed by atoms with Gasteiger partial charge in [-0.2, -0.15) is 0 Å². The van der Waals surface area contributed by atoms with Crippen LogP contribution in [-0.4, -0.2) is 14.5 Å². The summed E-state index contributed by atoms with van der Waals surface area (Å²) in [7, 11) is -3.86. The maximum atomic E-state index is 13.7. The molecule has 0 aliphatic carbocycles. The van der Waals surface area contributed by atoms with Crippen molar-refractivity contribution in [3.05, 3.63) is 24.0 Å². The third kappa shape index (κ3) is 5.16. The maximum Gasteiger partial charge on any atom is 0.238 e. The van der Waals surface area contributed by atoms with Crippen LogP contribution in [-0.2, 0) is 10.0 Å². The molecule has 1 atom stereocenters. The zero-order valence-electron chi connectivity index (χ0n) is 11.3. The fourth-order valence-electron chi connectivity index (χ4n) is 1.83. The Kier molecular flexibility index (Phi) is 5.75. The van der Waals surface area contributed by atoms with Crippen LogP contribution < -0.4 is 10.5 Å². The highest BCUT2D eigenvalue weighted by Gasteiger charge is 2.12. The molecular weight excluding hydrogens is 267 g/mol. The molecule has 1 rings (SSSR count). The van der Waals surface area contributed by atoms with Crippen LogP contribution in [0.5, 0.6) is 0 Å². The molecule has 108 valence electrons. The number of unbranched alkanes of at least 4 members (excludes halogenated alkanes) is 2. The topological polar surface area (TPSA) is 72.2 Å². The Balaban J connectivity index is 2.70. The molecule has 1 unspecified atom stereocenters. The van der Waals surface area contributed by atoms with Gasteiger partial charge in [0.05, 0.1) is 10.6 Å². The molecule has 0 saturated heterocycles. The molecule has 6 heteroatoms. The van der Waals surface area contributed by atoms with Gasteiger partial charge in [0.2, 0.25) is 10.0 Å². The standard InChI is InChI=1S/C13H21FN2O2S/c1-3-4-5-6-10(2)16-13-8-7-11(9-12(13)14)19(15,17)18/h7-10,16H,3-6H2,1-2H3,(H2,15,17,18). The molecule has 1 aromatic carbocycles. The van der Waals surface area contributed by atoms with E-state index in [1.165, 1.54) is 12.1 Å². The van der Waals surface area contributed by atoms with Gasteiger partial charge in [0.15, 0.2) is 0 Å². The Bertz CT molecular complexity index is 517. The number of nitrogens with two attached hydrogens (primary N) is 1. The predicted octanol–water partition coefficient (Wildman–Crippen LogP) is 2.85. The number of primary sulfonamides is 1. The van der Waals surface area contributed by atoms with E-state index in [0.29, 0.717) is 5.69 Å². The normalized spacial score (nSPS) is 13.3. The molecule has 0 aromatic heterocycles. The van der Waals surface area contributed by atoms with Crippen molar-refractivity contribution in [1.29, 1.82) is 0 Å². The lowest BCUT2D eigenvalue weighted by atomic mass is 10.1. The zero-order chi connectivity index (χ0) is 14.5.